The van der Waals surface area contributed by atoms with Crippen LogP contribution in [0.1, 0.15) is 53.5 Å². The third-order valence-corrected chi connectivity index (χ3v) is 5.72. The molecule has 0 atom stereocenters. The lowest BCUT2D eigenvalue weighted by molar-refractivity contribution is 0.0692. The van der Waals surface area contributed by atoms with Crippen LogP contribution in [0.4, 0.5) is 0 Å². The van der Waals surface area contributed by atoms with Crippen molar-refractivity contribution in [1.82, 2.24) is 4.98 Å². The largest absolute Gasteiger partial charge is 0.497 e. The van der Waals surface area contributed by atoms with Crippen LogP contribution < -0.4 is 4.74 Å². The Bertz CT molecular complexity index is 1410. The normalized spacial score (nSPS) is 10.6. The van der Waals surface area contributed by atoms with E-state index < -0.39 is 17.5 Å². The van der Waals surface area contributed by atoms with Gasteiger partial charge in [-0.15, -0.1) is 0 Å². The maximum absolute atomic E-state index is 13.0. The van der Waals surface area contributed by atoms with Crippen molar-refractivity contribution in [2.45, 2.75) is 6.42 Å². The Morgan fingerprint density at radius 1 is 0.829 bits per heavy atom. The average molecular weight is 486 g/mol. The van der Waals surface area contributed by atoms with Crippen LogP contribution in [0.5, 0.6) is 5.75 Å². The molecule has 0 saturated heterocycles. The topological polar surface area (TPSA) is 93.6 Å². The van der Waals surface area contributed by atoms with E-state index in [1.165, 1.54) is 31.4 Å². The number of carbonyl (C=O) groups excluding carboxylic acids is 2. The van der Waals surface area contributed by atoms with Gasteiger partial charge in [0.05, 0.1) is 12.7 Å². The Morgan fingerprint density at radius 3 is 2.20 bits per heavy atom. The van der Waals surface area contributed by atoms with Crippen molar-refractivity contribution >= 4 is 29.1 Å². The van der Waals surface area contributed by atoms with E-state index in [0.717, 1.165) is 11.1 Å². The number of hydrogen-bond acceptors (Lipinski definition) is 5. The van der Waals surface area contributed by atoms with E-state index in [1.807, 2.05) is 24.3 Å². The van der Waals surface area contributed by atoms with Crippen LogP contribution in [0.25, 0.3) is 0 Å². The van der Waals surface area contributed by atoms with Crippen LogP contribution in [0, 0.1) is 0 Å². The second-order valence-corrected chi connectivity index (χ2v) is 8.25. The summed E-state index contributed by atoms with van der Waals surface area (Å²) in [5, 5.41) is 10.4. The molecule has 0 amide bonds. The van der Waals surface area contributed by atoms with E-state index in [2.05, 4.69) is 4.98 Å². The minimum atomic E-state index is -1.31. The fourth-order valence-corrected chi connectivity index (χ4v) is 3.76. The van der Waals surface area contributed by atoms with E-state index in [4.69, 9.17) is 16.3 Å². The number of methoxy groups -OCH3 is 1. The molecule has 0 radical (unpaired) electrons. The Hall–Kier alpha value is -4.29. The maximum atomic E-state index is 13.0. The first kappa shape index (κ1) is 23.9. The Balaban J connectivity index is 1.58. The number of ether oxygens (including phenoxy) is 1. The summed E-state index contributed by atoms with van der Waals surface area (Å²) in [5.41, 5.74) is 2.27. The molecule has 0 bridgehead atoms. The third kappa shape index (κ3) is 5.45. The summed E-state index contributed by atoms with van der Waals surface area (Å²) < 4.78 is 5.14. The van der Waals surface area contributed by atoms with Crippen LogP contribution in [0.2, 0.25) is 5.02 Å². The van der Waals surface area contributed by atoms with Crippen molar-refractivity contribution in [3.8, 4) is 5.75 Å². The molecular weight excluding hydrogens is 466 g/mol. The lowest BCUT2D eigenvalue weighted by Crippen LogP contribution is -2.13. The molecule has 0 aliphatic rings. The number of ketones is 2. The van der Waals surface area contributed by atoms with Crippen molar-refractivity contribution in [1.29, 1.82) is 0 Å². The molecule has 4 rings (SSSR count). The molecule has 0 fully saturated rings. The van der Waals surface area contributed by atoms with Crippen molar-refractivity contribution in [2.24, 2.45) is 0 Å². The molecule has 0 spiro atoms. The molecule has 3 aromatic carbocycles. The van der Waals surface area contributed by atoms with Gasteiger partial charge in [-0.2, -0.15) is 0 Å². The second kappa shape index (κ2) is 10.3. The van der Waals surface area contributed by atoms with Gasteiger partial charge >= 0.3 is 5.97 Å². The molecule has 0 unspecified atom stereocenters. The summed E-state index contributed by atoms with van der Waals surface area (Å²) in [6, 6.07) is 21.3. The number of halogens is 1. The number of nitrogens with zero attached hydrogens (tertiary/aromatic N) is 1. The SMILES string of the molecule is COc1cccc(C(=O)c2ccc(C(=O)c3ccc(Cc4ccc(Cl)cc4)cn3)cc2C(=O)O)c1. The fraction of sp³-hybridized carbons (Fsp3) is 0.0714. The van der Waals surface area contributed by atoms with Crippen LogP contribution in [-0.2, 0) is 6.42 Å². The van der Waals surface area contributed by atoms with Crippen molar-refractivity contribution < 1.29 is 24.2 Å². The number of aromatic nitrogens is 1. The number of rotatable bonds is 8. The van der Waals surface area contributed by atoms with Crippen molar-refractivity contribution in [3.05, 3.63) is 129 Å². The van der Waals surface area contributed by atoms with Crippen molar-refractivity contribution in [2.75, 3.05) is 7.11 Å². The molecular formula is C28H20ClNO5. The third-order valence-electron chi connectivity index (χ3n) is 5.47. The minimum Gasteiger partial charge on any atom is -0.497 e. The standard InChI is InChI=1S/C28H20ClNO5/c1-35-22-4-2-3-19(14-22)26(31)23-11-8-20(15-24(23)28(33)34)27(32)25-12-7-18(16-30-25)13-17-5-9-21(29)10-6-17/h2-12,14-16H,13H2,1H3,(H,33,34). The minimum absolute atomic E-state index is 0.0198. The van der Waals surface area contributed by atoms with E-state index in [9.17, 15) is 19.5 Å². The quantitative estimate of drug-likeness (QED) is 0.331. The number of carbonyl (C=O) groups is 3. The van der Waals surface area contributed by atoms with Gasteiger partial charge in [-0.3, -0.25) is 14.6 Å². The van der Waals surface area contributed by atoms with E-state index in [1.54, 1.807) is 36.5 Å². The predicted molar refractivity (Wildman–Crippen MR) is 132 cm³/mol. The molecule has 0 aliphatic carbocycles. The average Bonchev–Trinajstić information content (AvgIpc) is 2.89. The molecule has 1 aromatic heterocycles. The molecule has 1 N–H and O–H groups in total. The Kier molecular flexibility index (Phi) is 7.03. The van der Waals surface area contributed by atoms with Crippen LogP contribution in [0.15, 0.2) is 85.1 Å². The van der Waals surface area contributed by atoms with Crippen LogP contribution in [-0.4, -0.2) is 34.7 Å². The van der Waals surface area contributed by atoms with Gasteiger partial charge in [0.15, 0.2) is 5.78 Å². The smallest absolute Gasteiger partial charge is 0.336 e. The van der Waals surface area contributed by atoms with Crippen LogP contribution >= 0.6 is 11.6 Å². The summed E-state index contributed by atoms with van der Waals surface area (Å²) in [5.74, 6) is -1.75. The first-order valence-electron chi connectivity index (χ1n) is 10.7. The lowest BCUT2D eigenvalue weighted by atomic mass is 9.94. The molecule has 0 saturated carbocycles. The van der Waals surface area contributed by atoms with Gasteiger partial charge in [0.2, 0.25) is 5.78 Å². The van der Waals surface area contributed by atoms with Gasteiger partial charge in [0.25, 0.3) is 0 Å². The maximum Gasteiger partial charge on any atom is 0.336 e. The Morgan fingerprint density at radius 2 is 1.54 bits per heavy atom. The predicted octanol–water partition coefficient (Wildman–Crippen LogP) is 5.49. The van der Waals surface area contributed by atoms with Gasteiger partial charge in [0.1, 0.15) is 11.4 Å². The van der Waals surface area contributed by atoms with Gasteiger partial charge in [-0.1, -0.05) is 48.0 Å². The number of pyridine rings is 1. The first-order valence-corrected chi connectivity index (χ1v) is 11.0. The molecule has 174 valence electrons. The number of carboxylic acid groups (broad SMARTS) is 1. The summed E-state index contributed by atoms with van der Waals surface area (Å²) in [7, 11) is 1.48. The fourth-order valence-electron chi connectivity index (χ4n) is 3.63. The highest BCUT2D eigenvalue weighted by Crippen LogP contribution is 2.22. The summed E-state index contributed by atoms with van der Waals surface area (Å²) in [6.45, 7) is 0. The highest BCUT2D eigenvalue weighted by atomic mass is 35.5. The van der Waals surface area contributed by atoms with Gasteiger partial charge in [-0.05, 0) is 60.0 Å². The highest BCUT2D eigenvalue weighted by Gasteiger charge is 2.21. The van der Waals surface area contributed by atoms with Gasteiger partial charge in [0, 0.05) is 27.9 Å². The molecule has 7 heteroatoms. The summed E-state index contributed by atoms with van der Waals surface area (Å²) >= 11 is 5.92. The van der Waals surface area contributed by atoms with Crippen molar-refractivity contribution in [3.63, 3.8) is 0 Å². The van der Waals surface area contributed by atoms with E-state index >= 15 is 0 Å². The zero-order valence-electron chi connectivity index (χ0n) is 18.7. The zero-order chi connectivity index (χ0) is 24.9. The highest BCUT2D eigenvalue weighted by molar-refractivity contribution is 6.30. The molecule has 4 aromatic rings. The lowest BCUT2D eigenvalue weighted by Gasteiger charge is -2.09. The Labute approximate surface area is 206 Å². The summed E-state index contributed by atoms with van der Waals surface area (Å²) in [6.07, 6.45) is 2.24. The van der Waals surface area contributed by atoms with Gasteiger partial charge < -0.3 is 9.84 Å². The number of benzene rings is 3. The second-order valence-electron chi connectivity index (χ2n) is 7.81. The molecule has 1 heterocycles. The molecule has 6 nitrogen and oxygen atoms in total. The van der Waals surface area contributed by atoms with Gasteiger partial charge in [-0.25, -0.2) is 4.79 Å². The van der Waals surface area contributed by atoms with E-state index in [-0.39, 0.29) is 27.9 Å². The molecule has 35 heavy (non-hydrogen) atoms. The van der Waals surface area contributed by atoms with E-state index in [0.29, 0.717) is 17.2 Å². The van der Waals surface area contributed by atoms with Crippen LogP contribution in [0.3, 0.4) is 0 Å². The zero-order valence-corrected chi connectivity index (χ0v) is 19.5. The monoisotopic (exact) mass is 485 g/mol. The summed E-state index contributed by atoms with van der Waals surface area (Å²) in [4.78, 5) is 42.1. The molecule has 0 aliphatic heterocycles. The number of hydrogen-bond donors (Lipinski definition) is 1. The number of aromatic carboxylic acids is 1. The number of carboxylic acids is 1. The first-order chi connectivity index (χ1) is 16.9.